The highest BCUT2D eigenvalue weighted by molar-refractivity contribution is 6.99. The van der Waals surface area contributed by atoms with Crippen LogP contribution in [0.15, 0.2) is 65.8 Å². The topological polar surface area (TPSA) is 68.1 Å². The zero-order valence-electron chi connectivity index (χ0n) is 25.2. The van der Waals surface area contributed by atoms with Crippen LogP contribution in [0.4, 0.5) is 0 Å². The van der Waals surface area contributed by atoms with Gasteiger partial charge in [-0.25, -0.2) is 0 Å². The van der Waals surface area contributed by atoms with Crippen molar-refractivity contribution in [2.75, 3.05) is 13.7 Å². The highest BCUT2D eigenvalue weighted by atomic mass is 28.4. The first kappa shape index (κ1) is 31.6. The summed E-state index contributed by atoms with van der Waals surface area (Å²) in [4.78, 5) is 16.9. The fourth-order valence-electron chi connectivity index (χ4n) is 6.05. The molecule has 1 fully saturated rings. The van der Waals surface area contributed by atoms with Crippen molar-refractivity contribution >= 4 is 30.4 Å². The predicted octanol–water partition coefficient (Wildman–Crippen LogP) is 6.51. The molecular weight excluding hydrogens is 514 g/mol. The van der Waals surface area contributed by atoms with Gasteiger partial charge in [0, 0.05) is 18.4 Å². The predicted molar refractivity (Wildman–Crippen MR) is 166 cm³/mol. The fraction of sp³-hybridized carbons (Fsp3) is 0.529. The lowest BCUT2D eigenvalue weighted by molar-refractivity contribution is -0.137. The molecule has 1 N–H and O–H groups in total. The van der Waals surface area contributed by atoms with E-state index >= 15 is 0 Å². The van der Waals surface area contributed by atoms with Gasteiger partial charge in [0.15, 0.2) is 0 Å². The Balaban J connectivity index is 1.76. The third kappa shape index (κ3) is 8.31. The summed E-state index contributed by atoms with van der Waals surface area (Å²) in [7, 11) is -1.15. The number of aliphatic carboxylic acids is 1. The Bertz CT molecular complexity index is 1120. The molecule has 1 atom stereocenters. The summed E-state index contributed by atoms with van der Waals surface area (Å²) < 4.78 is 7.01. The average Bonchev–Trinajstić information content (AvgIpc) is 2.88. The van der Waals surface area contributed by atoms with Crippen molar-refractivity contribution in [1.82, 2.24) is 0 Å². The van der Waals surface area contributed by atoms with Crippen molar-refractivity contribution in [3.8, 4) is 11.8 Å². The molecule has 0 bridgehead atoms. The lowest BCUT2D eigenvalue weighted by atomic mass is 9.71. The molecule has 0 spiro atoms. The third-order valence-electron chi connectivity index (χ3n) is 7.87. The van der Waals surface area contributed by atoms with Gasteiger partial charge in [-0.1, -0.05) is 106 Å². The van der Waals surface area contributed by atoms with Crippen LogP contribution in [0.1, 0.15) is 73.1 Å². The van der Waals surface area contributed by atoms with Gasteiger partial charge in [0.25, 0.3) is 8.32 Å². The molecule has 0 aromatic heterocycles. The maximum atomic E-state index is 11.8. The molecule has 5 nitrogen and oxygen atoms in total. The third-order valence-corrected chi connectivity index (χ3v) is 12.9. The largest absolute Gasteiger partial charge is 0.481 e. The van der Waals surface area contributed by atoms with Gasteiger partial charge in [0.1, 0.15) is 12.8 Å². The van der Waals surface area contributed by atoms with E-state index in [1.165, 1.54) is 23.9 Å². The van der Waals surface area contributed by atoms with Crippen LogP contribution in [0.2, 0.25) is 5.04 Å². The number of carbonyl (C=O) groups is 1. The van der Waals surface area contributed by atoms with E-state index in [2.05, 4.69) is 100 Å². The van der Waals surface area contributed by atoms with Gasteiger partial charge in [-0.15, -0.1) is 0 Å². The Morgan fingerprint density at radius 1 is 1.05 bits per heavy atom. The molecule has 0 heterocycles. The van der Waals surface area contributed by atoms with Gasteiger partial charge in [-0.2, -0.15) is 0 Å². The van der Waals surface area contributed by atoms with E-state index in [0.717, 1.165) is 18.8 Å². The summed E-state index contributed by atoms with van der Waals surface area (Å²) >= 11 is 0. The van der Waals surface area contributed by atoms with Crippen molar-refractivity contribution in [3.63, 3.8) is 0 Å². The summed E-state index contributed by atoms with van der Waals surface area (Å²) in [5.74, 6) is 7.20. The lowest BCUT2D eigenvalue weighted by Gasteiger charge is -2.43. The number of nitrogens with zero attached hydrogens (tertiary/aromatic N) is 1. The highest BCUT2D eigenvalue weighted by Crippen LogP contribution is 2.38. The molecule has 3 rings (SSSR count). The molecule has 1 unspecified atom stereocenters. The molecule has 0 saturated heterocycles. The summed E-state index contributed by atoms with van der Waals surface area (Å²) in [6, 6.07) is 21.1. The summed E-state index contributed by atoms with van der Waals surface area (Å²) in [6.45, 7) is 11.8. The average molecular weight is 562 g/mol. The summed E-state index contributed by atoms with van der Waals surface area (Å²) in [6.07, 6.45) is 4.75. The molecular formula is C34H47NO4Si. The smallest absolute Gasteiger partial charge is 0.304 e. The quantitative estimate of drug-likeness (QED) is 0.0995. The first-order valence-corrected chi connectivity index (χ1v) is 16.6. The molecule has 0 amide bonds. The van der Waals surface area contributed by atoms with Crippen molar-refractivity contribution in [2.45, 2.75) is 78.2 Å². The van der Waals surface area contributed by atoms with E-state index in [9.17, 15) is 9.90 Å². The standard InChI is InChI=1S/C34H47NO4Si/c1-26(2)22-28-23-27(24-28)19-20-32(35-38-6)29(25-33(36)37)14-13-21-39-40(34(3,4)5,30-15-9-7-10-16-30)31-17-11-8-12-18-31/h7-12,15-18,26-29H,13-14,21-25H2,1-6H3,(H,36,37). The molecule has 40 heavy (non-hydrogen) atoms. The normalized spacial score (nSPS) is 18.4. The zero-order valence-corrected chi connectivity index (χ0v) is 26.2. The fourth-order valence-corrected chi connectivity index (χ4v) is 10.7. The maximum absolute atomic E-state index is 11.8. The Hall–Kier alpha value is -2.88. The van der Waals surface area contributed by atoms with E-state index in [0.29, 0.717) is 37.0 Å². The van der Waals surface area contributed by atoms with E-state index < -0.39 is 14.3 Å². The monoisotopic (exact) mass is 561 g/mol. The number of hydrogen-bond donors (Lipinski definition) is 1. The van der Waals surface area contributed by atoms with Crippen molar-refractivity contribution in [3.05, 3.63) is 60.7 Å². The number of hydrogen-bond acceptors (Lipinski definition) is 4. The lowest BCUT2D eigenvalue weighted by Crippen LogP contribution is -2.66. The van der Waals surface area contributed by atoms with Crippen LogP contribution < -0.4 is 10.4 Å². The van der Waals surface area contributed by atoms with Crippen LogP contribution in [-0.2, 0) is 14.1 Å². The first-order chi connectivity index (χ1) is 19.1. The minimum Gasteiger partial charge on any atom is -0.481 e. The number of carboxylic acid groups (broad SMARTS) is 1. The van der Waals surface area contributed by atoms with Crippen molar-refractivity contribution in [2.24, 2.45) is 28.8 Å². The Morgan fingerprint density at radius 2 is 1.62 bits per heavy atom. The molecule has 0 radical (unpaired) electrons. The second-order valence-corrected chi connectivity index (χ2v) is 16.8. The zero-order chi connectivity index (χ0) is 29.2. The molecule has 2 aromatic rings. The molecule has 1 aliphatic carbocycles. The number of carboxylic acids is 1. The van der Waals surface area contributed by atoms with Gasteiger partial charge >= 0.3 is 5.97 Å². The van der Waals surface area contributed by atoms with Crippen LogP contribution >= 0.6 is 0 Å². The number of oxime groups is 1. The number of rotatable bonds is 13. The van der Waals surface area contributed by atoms with Crippen molar-refractivity contribution in [1.29, 1.82) is 0 Å². The molecule has 1 aliphatic rings. The van der Waals surface area contributed by atoms with Gasteiger partial charge < -0.3 is 14.4 Å². The maximum Gasteiger partial charge on any atom is 0.304 e. The SMILES string of the molecule is CON=C(C#CC1CC(CC(C)C)C1)C(CCCO[Si](c1ccccc1)(c1ccccc1)C(C)(C)C)CC(=O)O. The molecule has 1 saturated carbocycles. The van der Waals surface area contributed by atoms with E-state index in [4.69, 9.17) is 9.26 Å². The molecule has 6 heteroatoms. The van der Waals surface area contributed by atoms with Crippen LogP contribution in [-0.4, -0.2) is 38.8 Å². The highest BCUT2D eigenvalue weighted by Gasteiger charge is 2.50. The van der Waals surface area contributed by atoms with E-state index in [-0.39, 0.29) is 17.4 Å². The molecule has 216 valence electrons. The Kier molecular flexibility index (Phi) is 11.6. The van der Waals surface area contributed by atoms with Crippen LogP contribution in [0.25, 0.3) is 0 Å². The van der Waals surface area contributed by atoms with Gasteiger partial charge in [-0.3, -0.25) is 4.79 Å². The summed E-state index contributed by atoms with van der Waals surface area (Å²) in [5.41, 5.74) is 0.530. The minimum atomic E-state index is -2.64. The van der Waals surface area contributed by atoms with Gasteiger partial charge in [-0.05, 0) is 65.3 Å². The van der Waals surface area contributed by atoms with E-state index in [1.807, 2.05) is 12.1 Å². The van der Waals surface area contributed by atoms with Crippen LogP contribution in [0.5, 0.6) is 0 Å². The molecule has 0 aliphatic heterocycles. The first-order valence-electron chi connectivity index (χ1n) is 14.7. The Morgan fingerprint density at radius 3 is 2.10 bits per heavy atom. The summed E-state index contributed by atoms with van der Waals surface area (Å²) in [5, 5.41) is 16.2. The van der Waals surface area contributed by atoms with E-state index in [1.54, 1.807) is 0 Å². The van der Waals surface area contributed by atoms with Crippen LogP contribution in [0, 0.1) is 35.5 Å². The van der Waals surface area contributed by atoms with Crippen molar-refractivity contribution < 1.29 is 19.2 Å². The second kappa shape index (κ2) is 14.7. The minimum absolute atomic E-state index is 0.0310. The van der Waals surface area contributed by atoms with Crippen LogP contribution in [0.3, 0.4) is 0 Å². The number of benzene rings is 2. The van der Waals surface area contributed by atoms with Gasteiger partial charge in [0.05, 0.1) is 6.42 Å². The molecule has 2 aromatic carbocycles. The second-order valence-electron chi connectivity index (χ2n) is 12.5. The Labute approximate surface area is 242 Å². The van der Waals surface area contributed by atoms with Gasteiger partial charge in [0.2, 0.25) is 0 Å².